The zero-order valence-electron chi connectivity index (χ0n) is 8.74. The fourth-order valence-electron chi connectivity index (χ4n) is 1.66. The predicted molar refractivity (Wildman–Crippen MR) is 62.7 cm³/mol. The van der Waals surface area contributed by atoms with Crippen LogP contribution in [0.3, 0.4) is 0 Å². The standard InChI is InChI=1S/C11H11BrN2O2/c1-14-6-9(15)13-10(11(14)16)7-2-4-8(12)5-3-7/h2-5,10H,6H2,1H3,(H,13,15)/t10-/m1/s1. The second-order valence-electron chi connectivity index (χ2n) is 3.75. The monoisotopic (exact) mass is 282 g/mol. The summed E-state index contributed by atoms with van der Waals surface area (Å²) >= 11 is 3.33. The van der Waals surface area contributed by atoms with Gasteiger partial charge in [-0.2, -0.15) is 0 Å². The van der Waals surface area contributed by atoms with Crippen molar-refractivity contribution in [3.63, 3.8) is 0 Å². The molecule has 1 fully saturated rings. The molecule has 4 nitrogen and oxygen atoms in total. The topological polar surface area (TPSA) is 49.4 Å². The number of hydrogen-bond acceptors (Lipinski definition) is 2. The average Bonchev–Trinajstić information content (AvgIpc) is 2.25. The normalized spacial score (nSPS) is 20.9. The van der Waals surface area contributed by atoms with Crippen LogP contribution in [0.25, 0.3) is 0 Å². The highest BCUT2D eigenvalue weighted by atomic mass is 79.9. The number of likely N-dealkylation sites (N-methyl/N-ethyl adjacent to an activating group) is 1. The number of benzene rings is 1. The van der Waals surface area contributed by atoms with Gasteiger partial charge in [-0.25, -0.2) is 0 Å². The Labute approximate surface area is 102 Å². The zero-order valence-corrected chi connectivity index (χ0v) is 10.3. The first-order valence-corrected chi connectivity index (χ1v) is 5.67. The summed E-state index contributed by atoms with van der Waals surface area (Å²) in [6.07, 6.45) is 0. The molecule has 84 valence electrons. The highest BCUT2D eigenvalue weighted by molar-refractivity contribution is 9.10. The molecule has 5 heteroatoms. The Bertz CT molecular complexity index is 430. The Balaban J connectivity index is 2.28. The molecular formula is C11H11BrN2O2. The van der Waals surface area contributed by atoms with Gasteiger partial charge in [0, 0.05) is 11.5 Å². The van der Waals surface area contributed by atoms with Gasteiger partial charge in [0.05, 0.1) is 6.54 Å². The summed E-state index contributed by atoms with van der Waals surface area (Å²) in [6, 6.07) is 6.80. The molecule has 1 aromatic carbocycles. The minimum Gasteiger partial charge on any atom is -0.339 e. The molecule has 16 heavy (non-hydrogen) atoms. The van der Waals surface area contributed by atoms with Crippen LogP contribution in [0.4, 0.5) is 0 Å². The van der Waals surface area contributed by atoms with Gasteiger partial charge in [0.2, 0.25) is 11.8 Å². The molecule has 0 unspecified atom stereocenters. The smallest absolute Gasteiger partial charge is 0.250 e. The molecular weight excluding hydrogens is 272 g/mol. The van der Waals surface area contributed by atoms with Gasteiger partial charge in [-0.1, -0.05) is 28.1 Å². The van der Waals surface area contributed by atoms with Crippen LogP contribution >= 0.6 is 15.9 Å². The van der Waals surface area contributed by atoms with Crippen molar-refractivity contribution >= 4 is 27.7 Å². The van der Waals surface area contributed by atoms with Crippen LogP contribution in [0.5, 0.6) is 0 Å². The molecule has 1 saturated heterocycles. The van der Waals surface area contributed by atoms with Gasteiger partial charge in [0.25, 0.3) is 0 Å². The van der Waals surface area contributed by atoms with E-state index in [1.54, 1.807) is 7.05 Å². The van der Waals surface area contributed by atoms with E-state index < -0.39 is 6.04 Å². The number of nitrogens with zero attached hydrogens (tertiary/aromatic N) is 1. The minimum absolute atomic E-state index is 0.0816. The summed E-state index contributed by atoms with van der Waals surface area (Å²) in [6.45, 7) is 0.131. The Morgan fingerprint density at radius 3 is 2.56 bits per heavy atom. The lowest BCUT2D eigenvalue weighted by atomic mass is 10.0. The number of piperazine rings is 1. The van der Waals surface area contributed by atoms with E-state index >= 15 is 0 Å². The second-order valence-corrected chi connectivity index (χ2v) is 4.66. The first-order chi connectivity index (χ1) is 7.58. The molecule has 1 atom stereocenters. The summed E-state index contributed by atoms with van der Waals surface area (Å²) in [5, 5.41) is 2.69. The van der Waals surface area contributed by atoms with Crippen LogP contribution in [-0.2, 0) is 9.59 Å². The summed E-state index contributed by atoms with van der Waals surface area (Å²) in [5.74, 6) is -0.211. The maximum atomic E-state index is 11.9. The quantitative estimate of drug-likeness (QED) is 0.838. The second kappa shape index (κ2) is 4.25. The summed E-state index contributed by atoms with van der Waals surface area (Å²) < 4.78 is 0.944. The van der Waals surface area contributed by atoms with Crippen LogP contribution in [0.1, 0.15) is 11.6 Å². The largest absolute Gasteiger partial charge is 0.339 e. The van der Waals surface area contributed by atoms with Gasteiger partial charge in [0.1, 0.15) is 6.04 Å². The fourth-order valence-corrected chi connectivity index (χ4v) is 1.93. The van der Waals surface area contributed by atoms with Crippen molar-refractivity contribution in [1.82, 2.24) is 10.2 Å². The fraction of sp³-hybridized carbons (Fsp3) is 0.273. The number of hydrogen-bond donors (Lipinski definition) is 1. The summed E-state index contributed by atoms with van der Waals surface area (Å²) in [5.41, 5.74) is 0.799. The van der Waals surface area contributed by atoms with Gasteiger partial charge in [-0.3, -0.25) is 9.59 Å². The Morgan fingerprint density at radius 1 is 1.31 bits per heavy atom. The first-order valence-electron chi connectivity index (χ1n) is 4.88. The van der Waals surface area contributed by atoms with E-state index in [1.807, 2.05) is 24.3 Å². The van der Waals surface area contributed by atoms with Crippen molar-refractivity contribution in [1.29, 1.82) is 0 Å². The third-order valence-electron chi connectivity index (χ3n) is 2.51. The molecule has 2 rings (SSSR count). The third-order valence-corrected chi connectivity index (χ3v) is 3.04. The SMILES string of the molecule is CN1CC(=O)N[C@H](c2ccc(Br)cc2)C1=O. The van der Waals surface area contributed by atoms with Gasteiger partial charge < -0.3 is 10.2 Å². The van der Waals surface area contributed by atoms with Gasteiger partial charge in [-0.05, 0) is 17.7 Å². The van der Waals surface area contributed by atoms with Crippen molar-refractivity contribution in [3.05, 3.63) is 34.3 Å². The van der Waals surface area contributed by atoms with Crippen LogP contribution in [0, 0.1) is 0 Å². The van der Waals surface area contributed by atoms with E-state index in [1.165, 1.54) is 4.90 Å². The minimum atomic E-state index is -0.556. The number of carbonyl (C=O) groups excluding carboxylic acids is 2. The maximum Gasteiger partial charge on any atom is 0.250 e. The number of nitrogens with one attached hydrogen (secondary N) is 1. The number of rotatable bonds is 1. The van der Waals surface area contributed by atoms with Crippen LogP contribution in [-0.4, -0.2) is 30.3 Å². The number of halogens is 1. The first kappa shape index (κ1) is 11.1. The lowest BCUT2D eigenvalue weighted by Gasteiger charge is -2.29. The highest BCUT2D eigenvalue weighted by Gasteiger charge is 2.31. The van der Waals surface area contributed by atoms with Crippen LogP contribution in [0.2, 0.25) is 0 Å². The van der Waals surface area contributed by atoms with Gasteiger partial charge in [-0.15, -0.1) is 0 Å². The molecule has 0 bridgehead atoms. The molecule has 1 N–H and O–H groups in total. The van der Waals surface area contributed by atoms with Crippen LogP contribution < -0.4 is 5.32 Å². The maximum absolute atomic E-state index is 11.9. The van der Waals surface area contributed by atoms with Crippen molar-refractivity contribution in [2.75, 3.05) is 13.6 Å². The van der Waals surface area contributed by atoms with Crippen molar-refractivity contribution in [2.24, 2.45) is 0 Å². The highest BCUT2D eigenvalue weighted by Crippen LogP contribution is 2.20. The molecule has 2 amide bonds. The molecule has 0 aromatic heterocycles. The van der Waals surface area contributed by atoms with Crippen molar-refractivity contribution in [2.45, 2.75) is 6.04 Å². The molecule has 0 spiro atoms. The molecule has 1 aliphatic rings. The molecule has 0 saturated carbocycles. The van der Waals surface area contributed by atoms with E-state index in [2.05, 4.69) is 21.2 Å². The van der Waals surface area contributed by atoms with E-state index in [9.17, 15) is 9.59 Å². The van der Waals surface area contributed by atoms with Crippen LogP contribution in [0.15, 0.2) is 28.7 Å². The predicted octanol–water partition coefficient (Wildman–Crippen LogP) is 1.08. The Morgan fingerprint density at radius 2 is 1.94 bits per heavy atom. The zero-order chi connectivity index (χ0) is 11.7. The number of amides is 2. The van der Waals surface area contributed by atoms with Crippen molar-refractivity contribution in [3.8, 4) is 0 Å². The van der Waals surface area contributed by atoms with Gasteiger partial charge >= 0.3 is 0 Å². The summed E-state index contributed by atoms with van der Waals surface area (Å²) in [4.78, 5) is 24.6. The molecule has 1 heterocycles. The molecule has 1 aromatic rings. The Kier molecular flexibility index (Phi) is 2.96. The third kappa shape index (κ3) is 2.09. The molecule has 0 radical (unpaired) electrons. The van der Waals surface area contributed by atoms with E-state index in [-0.39, 0.29) is 18.4 Å². The molecule has 0 aliphatic carbocycles. The summed E-state index contributed by atoms with van der Waals surface area (Å²) in [7, 11) is 1.63. The lowest BCUT2D eigenvalue weighted by molar-refractivity contribution is -0.143. The average molecular weight is 283 g/mol. The van der Waals surface area contributed by atoms with Gasteiger partial charge in [0.15, 0.2) is 0 Å². The molecule has 1 aliphatic heterocycles. The van der Waals surface area contributed by atoms with E-state index in [0.29, 0.717) is 0 Å². The number of carbonyl (C=O) groups is 2. The van der Waals surface area contributed by atoms with Crippen molar-refractivity contribution < 1.29 is 9.59 Å². The lowest BCUT2D eigenvalue weighted by Crippen LogP contribution is -2.51. The Hall–Kier alpha value is -1.36. The van der Waals surface area contributed by atoms with E-state index in [4.69, 9.17) is 0 Å². The van der Waals surface area contributed by atoms with E-state index in [0.717, 1.165) is 10.0 Å².